The number of carbonyl (C=O) groups is 1. The number of piperidine rings is 1. The predicted molar refractivity (Wildman–Crippen MR) is 116 cm³/mol. The molecule has 1 aromatic carbocycles. The van der Waals surface area contributed by atoms with Crippen molar-refractivity contribution in [2.45, 2.75) is 24.3 Å². The Hall–Kier alpha value is -2.07. The van der Waals surface area contributed by atoms with Crippen LogP contribution in [0.1, 0.15) is 28.1 Å². The molecule has 162 valence electrons. The third-order valence-electron chi connectivity index (χ3n) is 5.12. The summed E-state index contributed by atoms with van der Waals surface area (Å²) in [6.45, 7) is 6.84. The number of hydrogen-bond donors (Lipinski definition) is 2. The lowest BCUT2D eigenvalue weighted by atomic mass is 9.96. The van der Waals surface area contributed by atoms with Gasteiger partial charge in [-0.2, -0.15) is 0 Å². The minimum atomic E-state index is -4.05. The number of halogens is 1. The highest BCUT2D eigenvalue weighted by atomic mass is 32.2. The Morgan fingerprint density at radius 1 is 1.30 bits per heavy atom. The fraction of sp³-hybridized carbons (Fsp3) is 0.381. The Morgan fingerprint density at radius 3 is 2.73 bits per heavy atom. The lowest BCUT2D eigenvalue weighted by Gasteiger charge is -2.31. The number of sulfonamides is 1. The van der Waals surface area contributed by atoms with Gasteiger partial charge < -0.3 is 5.32 Å². The van der Waals surface area contributed by atoms with Crippen LogP contribution in [0.4, 0.5) is 4.39 Å². The largest absolute Gasteiger partial charge is 0.352 e. The summed E-state index contributed by atoms with van der Waals surface area (Å²) in [4.78, 5) is 15.7. The van der Waals surface area contributed by atoms with Gasteiger partial charge in [-0.3, -0.25) is 9.69 Å². The third-order valence-corrected chi connectivity index (χ3v) is 7.42. The third kappa shape index (κ3) is 5.98. The molecule has 9 heteroatoms. The van der Waals surface area contributed by atoms with Gasteiger partial charge in [-0.05, 0) is 61.5 Å². The quantitative estimate of drug-likeness (QED) is 0.575. The Kier molecular flexibility index (Phi) is 7.76. The summed E-state index contributed by atoms with van der Waals surface area (Å²) < 4.78 is 40.6. The van der Waals surface area contributed by atoms with Gasteiger partial charge in [0.2, 0.25) is 10.0 Å². The topological polar surface area (TPSA) is 78.5 Å². The molecule has 30 heavy (non-hydrogen) atoms. The number of thiophene rings is 1. The van der Waals surface area contributed by atoms with E-state index in [1.807, 2.05) is 0 Å². The van der Waals surface area contributed by atoms with Crippen molar-refractivity contribution in [1.29, 1.82) is 0 Å². The first kappa shape index (κ1) is 22.6. The van der Waals surface area contributed by atoms with Crippen LogP contribution in [0.15, 0.2) is 53.3 Å². The fourth-order valence-electron chi connectivity index (χ4n) is 3.41. The molecular weight excluding hydrogens is 425 g/mol. The molecule has 0 atom stereocenters. The molecule has 1 aliphatic rings. The van der Waals surface area contributed by atoms with Gasteiger partial charge in [0.1, 0.15) is 10.7 Å². The lowest BCUT2D eigenvalue weighted by molar-refractivity contribution is 0.0935. The Labute approximate surface area is 180 Å². The first-order valence-corrected chi connectivity index (χ1v) is 12.2. The molecule has 1 saturated heterocycles. The number of carbonyl (C=O) groups excluding carboxylic acids is 1. The number of benzene rings is 1. The van der Waals surface area contributed by atoms with E-state index in [2.05, 4.69) is 39.0 Å². The molecule has 0 radical (unpaired) electrons. The molecule has 1 amide bonds. The molecule has 0 bridgehead atoms. The zero-order valence-electron chi connectivity index (χ0n) is 16.6. The number of hydrogen-bond acceptors (Lipinski definition) is 5. The molecule has 0 saturated carbocycles. The smallest absolute Gasteiger partial charge is 0.251 e. The molecule has 0 spiro atoms. The van der Waals surface area contributed by atoms with Crippen molar-refractivity contribution in [3.05, 3.63) is 64.6 Å². The molecule has 2 heterocycles. The van der Waals surface area contributed by atoms with E-state index in [1.165, 1.54) is 17.0 Å². The van der Waals surface area contributed by atoms with Crippen molar-refractivity contribution in [2.24, 2.45) is 5.92 Å². The highest BCUT2D eigenvalue weighted by Crippen LogP contribution is 2.21. The van der Waals surface area contributed by atoms with Gasteiger partial charge in [-0.1, -0.05) is 12.1 Å². The van der Waals surface area contributed by atoms with Gasteiger partial charge in [-0.15, -0.1) is 17.9 Å². The van der Waals surface area contributed by atoms with Crippen molar-refractivity contribution in [1.82, 2.24) is 14.9 Å². The fourth-order valence-corrected chi connectivity index (χ4v) is 5.25. The molecule has 2 N–H and O–H groups in total. The predicted octanol–water partition coefficient (Wildman–Crippen LogP) is 2.99. The molecule has 6 nitrogen and oxygen atoms in total. The van der Waals surface area contributed by atoms with E-state index in [0.717, 1.165) is 44.6 Å². The maximum atomic E-state index is 14.0. The second-order valence-electron chi connectivity index (χ2n) is 7.29. The molecule has 2 aromatic rings. The van der Waals surface area contributed by atoms with E-state index < -0.39 is 26.6 Å². The van der Waals surface area contributed by atoms with E-state index in [1.54, 1.807) is 11.3 Å². The average Bonchev–Trinajstić information content (AvgIpc) is 3.25. The van der Waals surface area contributed by atoms with Crippen molar-refractivity contribution < 1.29 is 17.6 Å². The zero-order valence-corrected chi connectivity index (χ0v) is 18.3. The molecule has 1 aromatic heterocycles. The number of nitrogens with zero attached hydrogens (tertiary/aromatic N) is 1. The molecule has 1 aliphatic heterocycles. The summed E-state index contributed by atoms with van der Waals surface area (Å²) in [5, 5.41) is 4.94. The highest BCUT2D eigenvalue weighted by Gasteiger charge is 2.22. The van der Waals surface area contributed by atoms with Crippen LogP contribution >= 0.6 is 11.3 Å². The molecular formula is C21H26FN3O3S2. The summed E-state index contributed by atoms with van der Waals surface area (Å²) in [6, 6.07) is 7.56. The van der Waals surface area contributed by atoms with Gasteiger partial charge in [0.15, 0.2) is 0 Å². The first-order chi connectivity index (χ1) is 14.4. The van der Waals surface area contributed by atoms with E-state index in [9.17, 15) is 17.6 Å². The number of amides is 1. The van der Waals surface area contributed by atoms with Crippen molar-refractivity contribution in [3.8, 4) is 0 Å². The SMILES string of the molecule is C=CCNS(=O)(=O)c1cc(C(=O)NCC2CCN(Cc3cccs3)CC2)ccc1F. The second kappa shape index (κ2) is 10.3. The van der Waals surface area contributed by atoms with Crippen LogP contribution in [0.5, 0.6) is 0 Å². The van der Waals surface area contributed by atoms with E-state index in [0.29, 0.717) is 12.5 Å². The van der Waals surface area contributed by atoms with Crippen LogP contribution in [0.25, 0.3) is 0 Å². The van der Waals surface area contributed by atoms with Crippen LogP contribution in [-0.2, 0) is 16.6 Å². The van der Waals surface area contributed by atoms with Crippen LogP contribution in [0.2, 0.25) is 0 Å². The number of likely N-dealkylation sites (tertiary alicyclic amines) is 1. The zero-order chi connectivity index (χ0) is 21.6. The minimum Gasteiger partial charge on any atom is -0.352 e. The van der Waals surface area contributed by atoms with Gasteiger partial charge in [0.25, 0.3) is 5.91 Å². The highest BCUT2D eigenvalue weighted by molar-refractivity contribution is 7.89. The van der Waals surface area contributed by atoms with E-state index in [-0.39, 0.29) is 12.1 Å². The Balaban J connectivity index is 1.53. The van der Waals surface area contributed by atoms with Gasteiger partial charge in [0.05, 0.1) is 0 Å². The average molecular weight is 452 g/mol. The van der Waals surface area contributed by atoms with E-state index in [4.69, 9.17) is 0 Å². The van der Waals surface area contributed by atoms with Gasteiger partial charge in [0, 0.05) is 30.1 Å². The van der Waals surface area contributed by atoms with Crippen molar-refractivity contribution in [3.63, 3.8) is 0 Å². The monoisotopic (exact) mass is 451 g/mol. The number of rotatable bonds is 9. The standard InChI is InChI=1S/C21H26FN3O3S2/c1-2-9-24-30(27,28)20-13-17(5-6-19(20)22)21(26)23-14-16-7-10-25(11-8-16)15-18-4-3-12-29-18/h2-6,12-13,16,24H,1,7-11,14-15H2,(H,23,26). The van der Waals surface area contributed by atoms with Crippen molar-refractivity contribution in [2.75, 3.05) is 26.2 Å². The molecule has 3 rings (SSSR count). The molecule has 0 unspecified atom stereocenters. The normalized spacial score (nSPS) is 15.8. The van der Waals surface area contributed by atoms with E-state index >= 15 is 0 Å². The summed E-state index contributed by atoms with van der Waals surface area (Å²) >= 11 is 1.76. The Bertz CT molecular complexity index is 969. The maximum Gasteiger partial charge on any atom is 0.251 e. The van der Waals surface area contributed by atoms with Crippen molar-refractivity contribution >= 4 is 27.3 Å². The van der Waals surface area contributed by atoms with Gasteiger partial charge >= 0.3 is 0 Å². The number of nitrogens with one attached hydrogen (secondary N) is 2. The van der Waals surface area contributed by atoms with Crippen LogP contribution < -0.4 is 10.0 Å². The maximum absolute atomic E-state index is 14.0. The van der Waals surface area contributed by atoms with Gasteiger partial charge in [-0.25, -0.2) is 17.5 Å². The molecule has 0 aliphatic carbocycles. The molecule has 1 fully saturated rings. The summed E-state index contributed by atoms with van der Waals surface area (Å²) in [5.74, 6) is -0.941. The first-order valence-electron chi connectivity index (χ1n) is 9.82. The summed E-state index contributed by atoms with van der Waals surface area (Å²) in [6.07, 6.45) is 3.33. The van der Waals surface area contributed by atoms with Crippen LogP contribution in [0, 0.1) is 11.7 Å². The van der Waals surface area contributed by atoms with Crippen LogP contribution in [0.3, 0.4) is 0 Å². The summed E-state index contributed by atoms with van der Waals surface area (Å²) in [5.41, 5.74) is 0.116. The minimum absolute atomic E-state index is 0.0244. The second-order valence-corrected chi connectivity index (χ2v) is 10.1. The lowest BCUT2D eigenvalue weighted by Crippen LogP contribution is -2.38. The summed E-state index contributed by atoms with van der Waals surface area (Å²) in [7, 11) is -4.05. The Morgan fingerprint density at radius 2 is 2.07 bits per heavy atom. The van der Waals surface area contributed by atoms with Crippen LogP contribution in [-0.4, -0.2) is 45.4 Å².